The molecule has 8 heteroatoms. The Morgan fingerprint density at radius 1 is 1.23 bits per heavy atom. The molecule has 1 amide bonds. The SMILES string of the molecule is CCCCS(=O)(=O)NCCNC(=O)COc1ccc(Cl)cc1. The Balaban J connectivity index is 2.17. The minimum atomic E-state index is -3.25. The number of carbonyl (C=O) groups is 1. The fourth-order valence-electron chi connectivity index (χ4n) is 1.55. The van der Waals surface area contributed by atoms with Crippen LogP contribution in [0.4, 0.5) is 0 Å². The number of sulfonamides is 1. The predicted molar refractivity (Wildman–Crippen MR) is 86.7 cm³/mol. The Morgan fingerprint density at radius 2 is 1.91 bits per heavy atom. The van der Waals surface area contributed by atoms with E-state index in [1.54, 1.807) is 24.3 Å². The van der Waals surface area contributed by atoms with Gasteiger partial charge in [0.2, 0.25) is 10.0 Å². The van der Waals surface area contributed by atoms with Crippen molar-refractivity contribution in [1.29, 1.82) is 0 Å². The first-order chi connectivity index (χ1) is 10.4. The number of hydrogen-bond acceptors (Lipinski definition) is 4. The van der Waals surface area contributed by atoms with Crippen LogP contribution in [-0.4, -0.2) is 39.8 Å². The maximum Gasteiger partial charge on any atom is 0.257 e. The summed E-state index contributed by atoms with van der Waals surface area (Å²) in [4.78, 5) is 11.5. The molecule has 2 N–H and O–H groups in total. The molecule has 6 nitrogen and oxygen atoms in total. The lowest BCUT2D eigenvalue weighted by atomic mass is 10.3. The zero-order chi connectivity index (χ0) is 16.4. The van der Waals surface area contributed by atoms with E-state index in [9.17, 15) is 13.2 Å². The standard InChI is InChI=1S/C14H21ClN2O4S/c1-2-3-10-22(19,20)17-9-8-16-14(18)11-21-13-6-4-12(15)5-7-13/h4-7,17H,2-3,8-11H2,1H3,(H,16,18). The summed E-state index contributed by atoms with van der Waals surface area (Å²) in [6.45, 7) is 2.17. The first-order valence-electron chi connectivity index (χ1n) is 7.05. The molecule has 0 radical (unpaired) electrons. The lowest BCUT2D eigenvalue weighted by Gasteiger charge is -2.09. The zero-order valence-electron chi connectivity index (χ0n) is 12.5. The van der Waals surface area contributed by atoms with Crippen molar-refractivity contribution in [3.63, 3.8) is 0 Å². The molecule has 0 aliphatic carbocycles. The number of halogens is 1. The number of nitrogens with one attached hydrogen (secondary N) is 2. The van der Waals surface area contributed by atoms with Gasteiger partial charge in [0.15, 0.2) is 6.61 Å². The molecule has 0 aliphatic rings. The van der Waals surface area contributed by atoms with E-state index in [4.69, 9.17) is 16.3 Å². The quantitative estimate of drug-likeness (QED) is 0.628. The highest BCUT2D eigenvalue weighted by atomic mass is 35.5. The van der Waals surface area contributed by atoms with Gasteiger partial charge in [0.25, 0.3) is 5.91 Å². The van der Waals surface area contributed by atoms with Gasteiger partial charge < -0.3 is 10.1 Å². The summed E-state index contributed by atoms with van der Waals surface area (Å²) >= 11 is 5.74. The number of benzene rings is 1. The molecule has 0 atom stereocenters. The van der Waals surface area contributed by atoms with Crippen LogP contribution in [0.25, 0.3) is 0 Å². The maximum atomic E-state index is 11.5. The van der Waals surface area contributed by atoms with Crippen molar-refractivity contribution in [2.45, 2.75) is 19.8 Å². The summed E-state index contributed by atoms with van der Waals surface area (Å²) in [7, 11) is -3.25. The predicted octanol–water partition coefficient (Wildman–Crippen LogP) is 1.55. The van der Waals surface area contributed by atoms with E-state index >= 15 is 0 Å². The highest BCUT2D eigenvalue weighted by Gasteiger charge is 2.08. The molecule has 22 heavy (non-hydrogen) atoms. The van der Waals surface area contributed by atoms with Gasteiger partial charge in [-0.05, 0) is 30.7 Å². The van der Waals surface area contributed by atoms with Gasteiger partial charge in [-0.25, -0.2) is 13.1 Å². The average molecular weight is 349 g/mol. The van der Waals surface area contributed by atoms with Crippen LogP contribution in [0.15, 0.2) is 24.3 Å². The van der Waals surface area contributed by atoms with Gasteiger partial charge >= 0.3 is 0 Å². The summed E-state index contributed by atoms with van der Waals surface area (Å²) < 4.78 is 30.7. The van der Waals surface area contributed by atoms with E-state index < -0.39 is 10.0 Å². The van der Waals surface area contributed by atoms with Crippen molar-refractivity contribution in [2.75, 3.05) is 25.4 Å². The van der Waals surface area contributed by atoms with Crippen molar-refractivity contribution < 1.29 is 17.9 Å². The fourth-order valence-corrected chi connectivity index (χ4v) is 2.90. The molecule has 1 aromatic rings. The van der Waals surface area contributed by atoms with Crippen molar-refractivity contribution in [3.8, 4) is 5.75 Å². The molecular formula is C14H21ClN2O4S. The van der Waals surface area contributed by atoms with Crippen LogP contribution in [-0.2, 0) is 14.8 Å². The summed E-state index contributed by atoms with van der Waals surface area (Å²) in [6, 6.07) is 6.66. The molecular weight excluding hydrogens is 328 g/mol. The van der Waals surface area contributed by atoms with E-state index in [1.807, 2.05) is 6.92 Å². The zero-order valence-corrected chi connectivity index (χ0v) is 14.0. The molecule has 1 aromatic carbocycles. The molecule has 0 bridgehead atoms. The van der Waals surface area contributed by atoms with Crippen LogP contribution in [0, 0.1) is 0 Å². The molecule has 0 unspecified atom stereocenters. The van der Waals surface area contributed by atoms with Crippen LogP contribution in [0.2, 0.25) is 5.02 Å². The smallest absolute Gasteiger partial charge is 0.257 e. The maximum absolute atomic E-state index is 11.5. The summed E-state index contributed by atoms with van der Waals surface area (Å²) in [5.41, 5.74) is 0. The minimum absolute atomic E-state index is 0.108. The Hall–Kier alpha value is -1.31. The van der Waals surface area contributed by atoms with E-state index in [0.717, 1.165) is 6.42 Å². The monoisotopic (exact) mass is 348 g/mol. The molecule has 1 rings (SSSR count). The van der Waals surface area contributed by atoms with Gasteiger partial charge in [-0.1, -0.05) is 24.9 Å². The first-order valence-corrected chi connectivity index (χ1v) is 9.08. The minimum Gasteiger partial charge on any atom is -0.484 e. The number of rotatable bonds is 10. The summed E-state index contributed by atoms with van der Waals surface area (Å²) in [5, 5.41) is 3.17. The third kappa shape index (κ3) is 8.21. The molecule has 0 saturated carbocycles. The Kier molecular flexibility index (Phi) is 8.22. The molecule has 0 fully saturated rings. The second kappa shape index (κ2) is 9.66. The van der Waals surface area contributed by atoms with Crippen molar-refractivity contribution in [3.05, 3.63) is 29.3 Å². The Morgan fingerprint density at radius 3 is 2.55 bits per heavy atom. The largest absolute Gasteiger partial charge is 0.484 e. The molecule has 0 spiro atoms. The Bertz CT molecular complexity index is 561. The number of ether oxygens (including phenoxy) is 1. The number of amides is 1. The first kappa shape index (κ1) is 18.7. The molecule has 124 valence electrons. The van der Waals surface area contributed by atoms with Gasteiger partial charge in [-0.15, -0.1) is 0 Å². The average Bonchev–Trinajstić information content (AvgIpc) is 2.49. The highest BCUT2D eigenvalue weighted by molar-refractivity contribution is 7.89. The van der Waals surface area contributed by atoms with Gasteiger partial charge in [0, 0.05) is 18.1 Å². The topological polar surface area (TPSA) is 84.5 Å². The number of carbonyl (C=O) groups excluding carboxylic acids is 1. The van der Waals surface area contributed by atoms with Crippen LogP contribution in [0.1, 0.15) is 19.8 Å². The normalized spacial score (nSPS) is 11.2. The van der Waals surface area contributed by atoms with Gasteiger partial charge in [-0.2, -0.15) is 0 Å². The van der Waals surface area contributed by atoms with E-state index in [-0.39, 0.29) is 31.4 Å². The van der Waals surface area contributed by atoms with Gasteiger partial charge in [0.05, 0.1) is 5.75 Å². The van der Waals surface area contributed by atoms with Crippen molar-refractivity contribution in [2.24, 2.45) is 0 Å². The number of unbranched alkanes of at least 4 members (excludes halogenated alkanes) is 1. The van der Waals surface area contributed by atoms with Crippen LogP contribution < -0.4 is 14.8 Å². The molecule has 0 heterocycles. The second-order valence-corrected chi connectivity index (χ2v) is 7.02. The summed E-state index contributed by atoms with van der Waals surface area (Å²) in [5.74, 6) is 0.333. The third-order valence-electron chi connectivity index (χ3n) is 2.72. The van der Waals surface area contributed by atoms with Crippen LogP contribution in [0.5, 0.6) is 5.75 Å². The lowest BCUT2D eigenvalue weighted by Crippen LogP contribution is -2.37. The van der Waals surface area contributed by atoms with Gasteiger partial charge in [0.1, 0.15) is 5.75 Å². The van der Waals surface area contributed by atoms with Gasteiger partial charge in [-0.3, -0.25) is 4.79 Å². The molecule has 0 aliphatic heterocycles. The Labute approximate surface area is 136 Å². The summed E-state index contributed by atoms with van der Waals surface area (Å²) in [6.07, 6.45) is 1.44. The van der Waals surface area contributed by atoms with E-state index in [0.29, 0.717) is 17.2 Å². The molecule has 0 saturated heterocycles. The van der Waals surface area contributed by atoms with Crippen molar-refractivity contribution >= 4 is 27.5 Å². The van der Waals surface area contributed by atoms with Crippen LogP contribution >= 0.6 is 11.6 Å². The van der Waals surface area contributed by atoms with Crippen LogP contribution in [0.3, 0.4) is 0 Å². The van der Waals surface area contributed by atoms with Crippen molar-refractivity contribution in [1.82, 2.24) is 10.0 Å². The highest BCUT2D eigenvalue weighted by Crippen LogP contribution is 2.15. The lowest BCUT2D eigenvalue weighted by molar-refractivity contribution is -0.123. The fraction of sp³-hybridized carbons (Fsp3) is 0.500. The second-order valence-electron chi connectivity index (χ2n) is 4.66. The number of hydrogen-bond donors (Lipinski definition) is 2. The van der Waals surface area contributed by atoms with E-state index in [2.05, 4.69) is 10.0 Å². The third-order valence-corrected chi connectivity index (χ3v) is 4.44. The van der Waals surface area contributed by atoms with E-state index in [1.165, 1.54) is 0 Å². The molecule has 0 aromatic heterocycles.